The van der Waals surface area contributed by atoms with Crippen LogP contribution in [0.5, 0.6) is 0 Å². The lowest BCUT2D eigenvalue weighted by atomic mass is 10.1. The van der Waals surface area contributed by atoms with E-state index in [1.807, 2.05) is 0 Å². The second-order valence-electron chi connectivity index (χ2n) is 5.01. The summed E-state index contributed by atoms with van der Waals surface area (Å²) in [4.78, 5) is 1.32. The molecular formula is C18H19N2S+. The predicted octanol–water partition coefficient (Wildman–Crippen LogP) is 3.91. The van der Waals surface area contributed by atoms with E-state index in [1.165, 1.54) is 27.4 Å². The van der Waals surface area contributed by atoms with Crippen LogP contribution in [0.25, 0.3) is 22.5 Å². The van der Waals surface area contributed by atoms with Crippen molar-refractivity contribution in [1.82, 2.24) is 4.68 Å². The van der Waals surface area contributed by atoms with E-state index in [0.29, 0.717) is 0 Å². The topological polar surface area (TPSA) is 8.81 Å². The largest absolute Gasteiger partial charge is 0.252 e. The molecule has 1 heterocycles. The normalized spacial score (nSPS) is 10.8. The molecule has 0 radical (unpaired) electrons. The highest BCUT2D eigenvalue weighted by Crippen LogP contribution is 2.36. The molecule has 0 spiro atoms. The molecule has 0 aliphatic heterocycles. The molecule has 106 valence electrons. The van der Waals surface area contributed by atoms with Gasteiger partial charge < -0.3 is 0 Å². The van der Waals surface area contributed by atoms with Crippen LogP contribution in [0.4, 0.5) is 0 Å². The predicted molar refractivity (Wildman–Crippen MR) is 89.2 cm³/mol. The lowest BCUT2D eigenvalue weighted by Crippen LogP contribution is -2.39. The fourth-order valence-corrected chi connectivity index (χ4v) is 3.61. The number of benzene rings is 2. The number of nitrogens with zero attached hydrogens (tertiary/aromatic N) is 2. The van der Waals surface area contributed by atoms with Gasteiger partial charge in [0.25, 0.3) is 5.69 Å². The van der Waals surface area contributed by atoms with Crippen molar-refractivity contribution in [3.8, 4) is 22.5 Å². The smallest absolute Gasteiger partial charge is 0.155 e. The second-order valence-corrected chi connectivity index (χ2v) is 5.83. The van der Waals surface area contributed by atoms with Gasteiger partial charge in [-0.05, 0) is 18.4 Å². The maximum Gasteiger partial charge on any atom is 0.252 e. The zero-order valence-corrected chi connectivity index (χ0v) is 13.4. The summed E-state index contributed by atoms with van der Waals surface area (Å²) in [6.07, 6.45) is 2.15. The molecule has 0 atom stereocenters. The molecule has 3 rings (SSSR count). The fourth-order valence-electron chi connectivity index (χ4n) is 2.73. The summed E-state index contributed by atoms with van der Waals surface area (Å²) in [6.45, 7) is 0. The van der Waals surface area contributed by atoms with Crippen molar-refractivity contribution in [1.29, 1.82) is 0 Å². The summed E-state index contributed by atoms with van der Waals surface area (Å²) in [5.74, 6) is 0. The lowest BCUT2D eigenvalue weighted by molar-refractivity contribution is -0.741. The van der Waals surface area contributed by atoms with E-state index in [4.69, 9.17) is 0 Å². The minimum atomic E-state index is 1.25. The maximum atomic E-state index is 2.23. The van der Waals surface area contributed by atoms with Crippen LogP contribution in [0.2, 0.25) is 0 Å². The Labute approximate surface area is 130 Å². The Hall–Kier alpha value is -2.00. The number of thioether (sulfide) groups is 1. The molecule has 0 unspecified atom stereocenters. The third-order valence-electron chi connectivity index (χ3n) is 3.83. The van der Waals surface area contributed by atoms with E-state index in [9.17, 15) is 0 Å². The zero-order chi connectivity index (χ0) is 14.8. The fraction of sp³-hybridized carbons (Fsp3) is 0.167. The van der Waals surface area contributed by atoms with Crippen LogP contribution in [0.1, 0.15) is 0 Å². The van der Waals surface area contributed by atoms with Gasteiger partial charge in [0, 0.05) is 11.1 Å². The number of rotatable bonds is 3. The SMILES string of the molecule is CSc1c(-c2ccccc2)n(C)[n+](C)c1-c1ccccc1. The third-order valence-corrected chi connectivity index (χ3v) is 4.62. The summed E-state index contributed by atoms with van der Waals surface area (Å²) in [5, 5.41) is 0. The van der Waals surface area contributed by atoms with Gasteiger partial charge in [-0.2, -0.15) is 4.68 Å². The van der Waals surface area contributed by atoms with Crippen molar-refractivity contribution in [2.75, 3.05) is 6.26 Å². The van der Waals surface area contributed by atoms with E-state index < -0.39 is 0 Å². The van der Waals surface area contributed by atoms with Crippen molar-refractivity contribution >= 4 is 11.8 Å². The molecule has 0 N–H and O–H groups in total. The van der Waals surface area contributed by atoms with Gasteiger partial charge >= 0.3 is 0 Å². The summed E-state index contributed by atoms with van der Waals surface area (Å²) in [6, 6.07) is 21.2. The first-order chi connectivity index (χ1) is 10.2. The third kappa shape index (κ3) is 2.38. The van der Waals surface area contributed by atoms with Gasteiger partial charge in [-0.15, -0.1) is 16.4 Å². The van der Waals surface area contributed by atoms with Crippen molar-refractivity contribution in [3.05, 3.63) is 60.7 Å². The van der Waals surface area contributed by atoms with Crippen LogP contribution >= 0.6 is 11.8 Å². The molecule has 0 saturated heterocycles. The van der Waals surface area contributed by atoms with Crippen LogP contribution in [-0.2, 0) is 14.1 Å². The summed E-state index contributed by atoms with van der Waals surface area (Å²) >= 11 is 1.81. The average Bonchev–Trinajstić information content (AvgIpc) is 2.80. The summed E-state index contributed by atoms with van der Waals surface area (Å²) in [5.41, 5.74) is 5.04. The monoisotopic (exact) mass is 295 g/mol. The van der Waals surface area contributed by atoms with Crippen molar-refractivity contribution in [2.24, 2.45) is 14.1 Å². The molecule has 1 aromatic heterocycles. The Balaban J connectivity index is 2.29. The molecule has 3 heteroatoms. The molecule has 0 aliphatic rings. The van der Waals surface area contributed by atoms with Gasteiger partial charge in [-0.1, -0.05) is 48.5 Å². The molecule has 0 bridgehead atoms. The Morgan fingerprint density at radius 2 is 1.38 bits per heavy atom. The molecule has 2 nitrogen and oxygen atoms in total. The number of aromatic nitrogens is 2. The highest BCUT2D eigenvalue weighted by Gasteiger charge is 2.27. The quantitative estimate of drug-likeness (QED) is 0.526. The van der Waals surface area contributed by atoms with Gasteiger partial charge in [-0.25, -0.2) is 0 Å². The second kappa shape index (κ2) is 5.78. The van der Waals surface area contributed by atoms with Gasteiger partial charge in [0.2, 0.25) is 0 Å². The molecule has 21 heavy (non-hydrogen) atoms. The van der Waals surface area contributed by atoms with Gasteiger partial charge in [0.1, 0.15) is 10.6 Å². The Morgan fingerprint density at radius 1 is 0.857 bits per heavy atom. The standard InChI is InChI=1S/C18H19N2S/c1-19-16(14-10-6-4-7-11-14)18(21-3)17(20(19)2)15-12-8-5-9-13-15/h4-13H,1-3H3/q+1. The Morgan fingerprint density at radius 3 is 1.90 bits per heavy atom. The minimum Gasteiger partial charge on any atom is -0.155 e. The first kappa shape index (κ1) is 14.0. The van der Waals surface area contributed by atoms with Crippen LogP contribution in [0.15, 0.2) is 65.6 Å². The molecule has 0 fully saturated rings. The molecule has 3 aromatic rings. The summed E-state index contributed by atoms with van der Waals surface area (Å²) in [7, 11) is 4.24. The van der Waals surface area contributed by atoms with Crippen molar-refractivity contribution < 1.29 is 4.68 Å². The number of hydrogen-bond donors (Lipinski definition) is 0. The zero-order valence-electron chi connectivity index (χ0n) is 12.6. The molecule has 2 aromatic carbocycles. The van der Waals surface area contributed by atoms with E-state index in [2.05, 4.69) is 90.4 Å². The highest BCUT2D eigenvalue weighted by molar-refractivity contribution is 7.98. The maximum absolute atomic E-state index is 2.23. The van der Waals surface area contributed by atoms with Crippen LogP contribution in [-0.4, -0.2) is 10.9 Å². The first-order valence-corrected chi connectivity index (χ1v) is 8.20. The molecule has 0 aliphatic carbocycles. The molecular weight excluding hydrogens is 276 g/mol. The summed E-state index contributed by atoms with van der Waals surface area (Å²) < 4.78 is 4.45. The number of hydrogen-bond acceptors (Lipinski definition) is 1. The minimum absolute atomic E-state index is 1.25. The first-order valence-electron chi connectivity index (χ1n) is 6.98. The van der Waals surface area contributed by atoms with E-state index in [-0.39, 0.29) is 0 Å². The van der Waals surface area contributed by atoms with E-state index in [0.717, 1.165) is 0 Å². The van der Waals surface area contributed by atoms with Crippen LogP contribution in [0, 0.1) is 0 Å². The Kier molecular flexibility index (Phi) is 3.84. The van der Waals surface area contributed by atoms with Crippen molar-refractivity contribution in [2.45, 2.75) is 4.90 Å². The average molecular weight is 295 g/mol. The lowest BCUT2D eigenvalue weighted by Gasteiger charge is -2.01. The van der Waals surface area contributed by atoms with E-state index in [1.54, 1.807) is 11.8 Å². The van der Waals surface area contributed by atoms with Gasteiger partial charge in [0.05, 0.1) is 7.05 Å². The molecule has 0 saturated carbocycles. The Bertz CT molecular complexity index is 683. The van der Waals surface area contributed by atoms with E-state index >= 15 is 0 Å². The van der Waals surface area contributed by atoms with Crippen LogP contribution < -0.4 is 4.68 Å². The highest BCUT2D eigenvalue weighted by atomic mass is 32.2. The van der Waals surface area contributed by atoms with Crippen LogP contribution in [0.3, 0.4) is 0 Å². The van der Waals surface area contributed by atoms with Crippen molar-refractivity contribution in [3.63, 3.8) is 0 Å². The van der Waals surface area contributed by atoms with Gasteiger partial charge in [0.15, 0.2) is 7.05 Å². The van der Waals surface area contributed by atoms with Gasteiger partial charge in [-0.3, -0.25) is 0 Å². The molecule has 0 amide bonds.